The van der Waals surface area contributed by atoms with Crippen LogP contribution in [0.1, 0.15) is 39.0 Å². The van der Waals surface area contributed by atoms with Gasteiger partial charge in [-0.15, -0.1) is 0 Å². The zero-order valence-corrected chi connectivity index (χ0v) is 18.2. The van der Waals surface area contributed by atoms with E-state index in [0.29, 0.717) is 32.4 Å². The summed E-state index contributed by atoms with van der Waals surface area (Å²) in [6.45, 7) is 1.32. The van der Waals surface area contributed by atoms with E-state index in [1.807, 2.05) is 0 Å². The average Bonchev–Trinajstić information content (AvgIpc) is 2.73. The number of ether oxygens (including phenoxy) is 1. The van der Waals surface area contributed by atoms with Crippen LogP contribution in [0.3, 0.4) is 0 Å². The minimum Gasteiger partial charge on any atom is -0.480 e. The van der Waals surface area contributed by atoms with Gasteiger partial charge in [-0.05, 0) is 26.3 Å². The molecule has 1 aliphatic rings. The van der Waals surface area contributed by atoms with E-state index in [4.69, 9.17) is 15.6 Å². The lowest BCUT2D eigenvalue weighted by molar-refractivity contribution is -0.306. The highest BCUT2D eigenvalue weighted by Crippen LogP contribution is 2.29. The summed E-state index contributed by atoms with van der Waals surface area (Å²) in [5.74, 6) is -3.96. The summed E-state index contributed by atoms with van der Waals surface area (Å²) >= 11 is 0. The molecule has 0 bridgehead atoms. The lowest BCUT2D eigenvalue weighted by atomic mass is 9.94. The number of rotatable bonds is 14. The van der Waals surface area contributed by atoms with Crippen LogP contribution in [0, 0.1) is 0 Å². The number of aliphatic carboxylic acids is 1. The molecule has 13 nitrogen and oxygen atoms in total. The van der Waals surface area contributed by atoms with Crippen molar-refractivity contribution >= 4 is 17.8 Å². The van der Waals surface area contributed by atoms with Crippen LogP contribution in [-0.4, -0.2) is 106 Å². The van der Waals surface area contributed by atoms with Gasteiger partial charge >= 0.3 is 5.97 Å². The number of nitrogens with two attached hydrogens (primary N) is 1. The predicted molar refractivity (Wildman–Crippen MR) is 111 cm³/mol. The monoisotopic (exact) mass is 464 g/mol. The number of hydrogen-bond acceptors (Lipinski definition) is 10. The van der Waals surface area contributed by atoms with Crippen LogP contribution in [-0.2, 0) is 19.1 Å². The highest BCUT2D eigenvalue weighted by atomic mass is 16.6. The summed E-state index contributed by atoms with van der Waals surface area (Å²) in [6, 6.07) is -1.73. The van der Waals surface area contributed by atoms with Crippen molar-refractivity contribution in [2.75, 3.05) is 26.2 Å². The van der Waals surface area contributed by atoms with Crippen LogP contribution in [0.15, 0.2) is 0 Å². The second-order valence-electron chi connectivity index (χ2n) is 7.99. The van der Waals surface area contributed by atoms with E-state index in [1.165, 1.54) is 6.92 Å². The number of carbonyl (C=O) groups excluding carboxylic acids is 2. The second-order valence-corrected chi connectivity index (χ2v) is 7.99. The van der Waals surface area contributed by atoms with Gasteiger partial charge in [0.1, 0.15) is 24.8 Å². The lowest BCUT2D eigenvalue weighted by Gasteiger charge is -2.42. The first-order chi connectivity index (χ1) is 15.0. The SMILES string of the molecule is CC(NC(=O)C(N)CCCCNCCC1(O)CC(O)C(O)C(CO)O1)C(=O)NCC(=O)O. The normalized spacial score (nSPS) is 27.4. The minimum atomic E-state index is -1.65. The number of amides is 2. The number of aliphatic hydroxyl groups excluding tert-OH is 3. The molecule has 6 atom stereocenters. The summed E-state index contributed by atoms with van der Waals surface area (Å²) in [4.78, 5) is 34.1. The maximum absolute atomic E-state index is 12.0. The van der Waals surface area contributed by atoms with Crippen molar-refractivity contribution in [2.45, 2.75) is 75.2 Å². The Morgan fingerprint density at radius 3 is 2.50 bits per heavy atom. The van der Waals surface area contributed by atoms with Gasteiger partial charge in [-0.2, -0.15) is 0 Å². The molecule has 0 aliphatic carbocycles. The standard InChI is InChI=1S/C19H36N4O9/c1-11(17(29)22-9-15(26)27)23-18(30)12(20)4-2-3-6-21-7-5-19(31)8-13(25)16(28)14(10-24)32-19/h11-14,16,21,24-25,28,31H,2-10,20H2,1H3,(H,22,29)(H,23,30)(H,26,27). The molecule has 1 heterocycles. The number of hydrogen-bond donors (Lipinski definition) is 9. The zero-order chi connectivity index (χ0) is 24.3. The fourth-order valence-corrected chi connectivity index (χ4v) is 3.26. The molecule has 1 fully saturated rings. The summed E-state index contributed by atoms with van der Waals surface area (Å²) < 4.78 is 5.30. The lowest BCUT2D eigenvalue weighted by Crippen LogP contribution is -2.56. The molecule has 13 heteroatoms. The van der Waals surface area contributed by atoms with Crippen LogP contribution in [0.2, 0.25) is 0 Å². The van der Waals surface area contributed by atoms with E-state index < -0.39 is 67.1 Å². The highest BCUT2D eigenvalue weighted by Gasteiger charge is 2.44. The van der Waals surface area contributed by atoms with Crippen LogP contribution < -0.4 is 21.7 Å². The molecule has 10 N–H and O–H groups in total. The topological polar surface area (TPSA) is 224 Å². The molecule has 2 amide bonds. The molecule has 0 aromatic carbocycles. The predicted octanol–water partition coefficient (Wildman–Crippen LogP) is -3.64. The minimum absolute atomic E-state index is 0.150. The zero-order valence-electron chi connectivity index (χ0n) is 18.2. The average molecular weight is 465 g/mol. The second kappa shape index (κ2) is 13.6. The smallest absolute Gasteiger partial charge is 0.322 e. The summed E-state index contributed by atoms with van der Waals surface area (Å²) in [7, 11) is 0. The first kappa shape index (κ1) is 28.2. The van der Waals surface area contributed by atoms with Crippen molar-refractivity contribution in [3.8, 4) is 0 Å². The third-order valence-corrected chi connectivity index (χ3v) is 5.17. The molecule has 0 radical (unpaired) electrons. The van der Waals surface area contributed by atoms with Crippen LogP contribution in [0.4, 0.5) is 0 Å². The van der Waals surface area contributed by atoms with Gasteiger partial charge < -0.3 is 52.0 Å². The Balaban J connectivity index is 2.18. The van der Waals surface area contributed by atoms with Gasteiger partial charge in [-0.1, -0.05) is 6.42 Å². The van der Waals surface area contributed by atoms with Gasteiger partial charge in [0.2, 0.25) is 11.8 Å². The number of unbranched alkanes of at least 4 members (excludes halogenated alkanes) is 1. The van der Waals surface area contributed by atoms with Crippen LogP contribution in [0.25, 0.3) is 0 Å². The number of aliphatic hydroxyl groups is 4. The quantitative estimate of drug-likeness (QED) is 0.114. The third kappa shape index (κ3) is 9.73. The Morgan fingerprint density at radius 1 is 1.19 bits per heavy atom. The largest absolute Gasteiger partial charge is 0.480 e. The molecule has 6 unspecified atom stereocenters. The fourth-order valence-electron chi connectivity index (χ4n) is 3.26. The molecule has 1 saturated heterocycles. The molecular weight excluding hydrogens is 428 g/mol. The Bertz CT molecular complexity index is 624. The molecule has 0 aromatic rings. The van der Waals surface area contributed by atoms with Crippen molar-refractivity contribution in [2.24, 2.45) is 5.73 Å². The Kier molecular flexibility index (Phi) is 12.0. The van der Waals surface area contributed by atoms with Crippen molar-refractivity contribution in [3.63, 3.8) is 0 Å². The van der Waals surface area contributed by atoms with E-state index in [-0.39, 0.29) is 12.8 Å². The fraction of sp³-hybridized carbons (Fsp3) is 0.842. The van der Waals surface area contributed by atoms with Crippen molar-refractivity contribution in [1.82, 2.24) is 16.0 Å². The Labute approximate surface area is 186 Å². The van der Waals surface area contributed by atoms with Gasteiger partial charge in [0.15, 0.2) is 5.79 Å². The maximum atomic E-state index is 12.0. The molecular formula is C19H36N4O9. The van der Waals surface area contributed by atoms with E-state index in [9.17, 15) is 34.8 Å². The highest BCUT2D eigenvalue weighted by molar-refractivity contribution is 5.90. The number of nitrogens with one attached hydrogen (secondary N) is 3. The molecule has 0 saturated carbocycles. The summed E-state index contributed by atoms with van der Waals surface area (Å²) in [5.41, 5.74) is 5.82. The number of carboxylic acids is 1. The summed E-state index contributed by atoms with van der Waals surface area (Å²) in [6.07, 6.45) is -1.81. The maximum Gasteiger partial charge on any atom is 0.322 e. The molecule has 1 rings (SSSR count). The molecule has 0 spiro atoms. The first-order valence-electron chi connectivity index (χ1n) is 10.6. The number of carbonyl (C=O) groups is 3. The van der Waals surface area contributed by atoms with E-state index in [0.717, 1.165) is 0 Å². The van der Waals surface area contributed by atoms with Gasteiger partial charge in [0.25, 0.3) is 0 Å². The first-order valence-corrected chi connectivity index (χ1v) is 10.6. The van der Waals surface area contributed by atoms with E-state index in [1.54, 1.807) is 0 Å². The number of carboxylic acid groups (broad SMARTS) is 1. The molecule has 186 valence electrons. The Hall–Kier alpha value is -1.87. The van der Waals surface area contributed by atoms with Gasteiger partial charge in [0, 0.05) is 19.4 Å². The molecule has 1 aliphatic heterocycles. The van der Waals surface area contributed by atoms with Crippen molar-refractivity contribution in [3.05, 3.63) is 0 Å². The van der Waals surface area contributed by atoms with Crippen LogP contribution in [0.5, 0.6) is 0 Å². The third-order valence-electron chi connectivity index (χ3n) is 5.17. The Morgan fingerprint density at radius 2 is 1.88 bits per heavy atom. The van der Waals surface area contributed by atoms with Gasteiger partial charge in [-0.3, -0.25) is 14.4 Å². The van der Waals surface area contributed by atoms with Crippen LogP contribution >= 0.6 is 0 Å². The molecule has 0 aromatic heterocycles. The van der Waals surface area contributed by atoms with Crippen molar-refractivity contribution < 1.29 is 44.7 Å². The molecule has 32 heavy (non-hydrogen) atoms. The van der Waals surface area contributed by atoms with Gasteiger partial charge in [-0.25, -0.2) is 0 Å². The van der Waals surface area contributed by atoms with E-state index >= 15 is 0 Å². The summed E-state index contributed by atoms with van der Waals surface area (Å²) in [5, 5.41) is 55.3. The van der Waals surface area contributed by atoms with Gasteiger partial charge in [0.05, 0.1) is 18.8 Å². The van der Waals surface area contributed by atoms with E-state index in [2.05, 4.69) is 16.0 Å². The van der Waals surface area contributed by atoms with Crippen molar-refractivity contribution in [1.29, 1.82) is 0 Å².